The molecule has 1 heterocycles. The summed E-state index contributed by atoms with van der Waals surface area (Å²) in [7, 11) is 0. The Kier molecular flexibility index (Phi) is 6.29. The largest absolute Gasteiger partial charge is 0.350 e. The Morgan fingerprint density at radius 2 is 1.52 bits per heavy atom. The minimum atomic E-state index is -0.169. The highest BCUT2D eigenvalue weighted by Crippen LogP contribution is 2.23. The smallest absolute Gasteiger partial charge is 0.238 e. The number of nitrogens with zero attached hydrogens (tertiary/aromatic N) is 1. The van der Waals surface area contributed by atoms with Crippen LogP contribution < -0.4 is 5.32 Å². The zero-order valence-electron chi connectivity index (χ0n) is 13.9. The second kappa shape index (κ2) is 8.45. The molecule has 0 radical (unpaired) electrons. The van der Waals surface area contributed by atoms with E-state index in [4.69, 9.17) is 23.2 Å². The Labute approximate surface area is 162 Å². The molecule has 0 saturated carbocycles. The number of hydrogen-bond donors (Lipinski definition) is 1. The third kappa shape index (κ3) is 4.91. The van der Waals surface area contributed by atoms with Crippen molar-refractivity contribution in [2.75, 3.05) is 12.8 Å². The molecule has 1 fully saturated rings. The fraction of sp³-hybridized carbons (Fsp3) is 0.316. The van der Waals surface area contributed by atoms with Crippen molar-refractivity contribution in [3.8, 4) is 0 Å². The van der Waals surface area contributed by atoms with Gasteiger partial charge in [-0.25, -0.2) is 4.31 Å². The topological polar surface area (TPSA) is 32.3 Å². The zero-order chi connectivity index (χ0) is 17.8. The zero-order valence-corrected chi connectivity index (χ0v) is 16.2. The first-order valence-corrected chi connectivity index (χ1v) is 10.1. The first kappa shape index (κ1) is 18.6. The maximum Gasteiger partial charge on any atom is 0.238 e. The highest BCUT2D eigenvalue weighted by Gasteiger charge is 2.34. The van der Waals surface area contributed by atoms with E-state index in [1.807, 2.05) is 54.8 Å². The molecule has 1 aliphatic rings. The molecule has 0 aliphatic carbocycles. The summed E-state index contributed by atoms with van der Waals surface area (Å²) in [5.74, 6) is 0.0783. The Balaban J connectivity index is 1.66. The number of piperazine rings is 1. The molecule has 1 saturated heterocycles. The lowest BCUT2D eigenvalue weighted by Gasteiger charge is -2.38. The summed E-state index contributed by atoms with van der Waals surface area (Å²) in [4.78, 5) is 12.7. The van der Waals surface area contributed by atoms with Crippen molar-refractivity contribution in [1.29, 1.82) is 0 Å². The van der Waals surface area contributed by atoms with E-state index in [0.29, 0.717) is 11.4 Å². The molecular formula is C19H20Cl2N2OS. The lowest BCUT2D eigenvalue weighted by Crippen LogP contribution is -2.59. The predicted molar refractivity (Wildman–Crippen MR) is 106 cm³/mol. The number of rotatable bonds is 5. The van der Waals surface area contributed by atoms with Crippen LogP contribution in [-0.2, 0) is 17.6 Å². The molecule has 3 nitrogen and oxygen atoms in total. The summed E-state index contributed by atoms with van der Waals surface area (Å²) < 4.78 is 2.17. The van der Waals surface area contributed by atoms with Gasteiger partial charge in [0.05, 0.1) is 0 Å². The van der Waals surface area contributed by atoms with Crippen molar-refractivity contribution >= 4 is 41.1 Å². The van der Waals surface area contributed by atoms with Gasteiger partial charge in [-0.2, -0.15) is 0 Å². The summed E-state index contributed by atoms with van der Waals surface area (Å²) in [6, 6.07) is 15.4. The molecule has 2 aromatic rings. The van der Waals surface area contributed by atoms with Gasteiger partial charge in [0.2, 0.25) is 5.91 Å². The van der Waals surface area contributed by atoms with Gasteiger partial charge in [0, 0.05) is 22.6 Å². The summed E-state index contributed by atoms with van der Waals surface area (Å²) >= 11 is 13.5. The van der Waals surface area contributed by atoms with E-state index in [1.165, 1.54) is 5.56 Å². The van der Waals surface area contributed by atoms with Gasteiger partial charge in [-0.3, -0.25) is 4.79 Å². The summed E-state index contributed by atoms with van der Waals surface area (Å²) in [5.41, 5.74) is 2.28. The van der Waals surface area contributed by atoms with Crippen LogP contribution in [0, 0.1) is 0 Å². The van der Waals surface area contributed by atoms with Gasteiger partial charge < -0.3 is 5.32 Å². The van der Waals surface area contributed by atoms with Gasteiger partial charge in [0.25, 0.3) is 0 Å². The molecule has 0 bridgehead atoms. The van der Waals surface area contributed by atoms with Crippen LogP contribution in [0.25, 0.3) is 0 Å². The normalized spacial score (nSPS) is 21.2. The summed E-state index contributed by atoms with van der Waals surface area (Å²) in [6.45, 7) is 0.813. The van der Waals surface area contributed by atoms with E-state index in [2.05, 4.69) is 9.62 Å². The maximum absolute atomic E-state index is 12.7. The number of carbonyl (C=O) groups is 1. The third-order valence-corrected chi connectivity index (χ3v) is 5.75. The highest BCUT2D eigenvalue weighted by atomic mass is 35.5. The van der Waals surface area contributed by atoms with Crippen molar-refractivity contribution in [3.63, 3.8) is 0 Å². The number of nitrogens with one attached hydrogen (secondary N) is 1. The lowest BCUT2D eigenvalue weighted by atomic mass is 9.99. The molecule has 2 aromatic carbocycles. The summed E-state index contributed by atoms with van der Waals surface area (Å²) in [6.07, 6.45) is 3.50. The van der Waals surface area contributed by atoms with Crippen molar-refractivity contribution < 1.29 is 4.79 Å². The predicted octanol–water partition coefficient (Wildman–Crippen LogP) is 4.23. The minimum Gasteiger partial charge on any atom is -0.350 e. The van der Waals surface area contributed by atoms with E-state index >= 15 is 0 Å². The van der Waals surface area contributed by atoms with E-state index in [9.17, 15) is 4.79 Å². The van der Waals surface area contributed by atoms with Gasteiger partial charge in [-0.15, -0.1) is 0 Å². The quantitative estimate of drug-likeness (QED) is 0.770. The van der Waals surface area contributed by atoms with Gasteiger partial charge in [-0.05, 0) is 54.5 Å². The van der Waals surface area contributed by atoms with Crippen LogP contribution in [0.4, 0.5) is 0 Å². The average molecular weight is 395 g/mol. The van der Waals surface area contributed by atoms with Crippen molar-refractivity contribution in [3.05, 3.63) is 69.7 Å². The molecule has 3 rings (SSSR count). The van der Waals surface area contributed by atoms with E-state index in [1.54, 1.807) is 11.9 Å². The standard InChI is InChI=1S/C19H20Cl2N2OS/c1-25-23-12-17(10-13-2-6-15(20)7-3-13)22-19(24)18(23)11-14-4-8-16(21)9-5-14/h2-9,17-18H,10-12H2,1H3,(H,22,24)/t17-,18-/m0/s1. The van der Waals surface area contributed by atoms with Crippen LogP contribution in [0.5, 0.6) is 0 Å². The van der Waals surface area contributed by atoms with Crippen molar-refractivity contribution in [1.82, 2.24) is 9.62 Å². The molecule has 0 unspecified atom stereocenters. The molecule has 1 amide bonds. The van der Waals surface area contributed by atoms with Gasteiger partial charge >= 0.3 is 0 Å². The third-order valence-electron chi connectivity index (χ3n) is 4.37. The van der Waals surface area contributed by atoms with Gasteiger partial charge in [0.15, 0.2) is 0 Å². The Bertz CT molecular complexity index is 721. The van der Waals surface area contributed by atoms with Crippen LogP contribution in [0.15, 0.2) is 48.5 Å². The first-order valence-electron chi connectivity index (χ1n) is 8.15. The van der Waals surface area contributed by atoms with Gasteiger partial charge in [-0.1, -0.05) is 59.4 Å². The molecule has 0 spiro atoms. The van der Waals surface area contributed by atoms with Crippen LogP contribution in [0.2, 0.25) is 10.0 Å². The molecule has 1 N–H and O–H groups in total. The first-order chi connectivity index (χ1) is 12.0. The monoisotopic (exact) mass is 394 g/mol. The summed E-state index contributed by atoms with van der Waals surface area (Å²) in [5, 5.41) is 4.61. The Morgan fingerprint density at radius 1 is 1.00 bits per heavy atom. The molecule has 1 aliphatic heterocycles. The average Bonchev–Trinajstić information content (AvgIpc) is 2.61. The number of halogens is 2. The van der Waals surface area contributed by atoms with Crippen LogP contribution in [0.1, 0.15) is 11.1 Å². The van der Waals surface area contributed by atoms with Crippen molar-refractivity contribution in [2.45, 2.75) is 24.9 Å². The number of amides is 1. The fourth-order valence-corrected chi connectivity index (χ4v) is 4.08. The second-order valence-electron chi connectivity index (χ2n) is 6.16. The Hall–Kier alpha value is -1.20. The fourth-order valence-electron chi connectivity index (χ4n) is 3.08. The number of benzene rings is 2. The lowest BCUT2D eigenvalue weighted by molar-refractivity contribution is -0.127. The minimum absolute atomic E-state index is 0.0783. The van der Waals surface area contributed by atoms with E-state index in [-0.39, 0.29) is 18.0 Å². The molecule has 25 heavy (non-hydrogen) atoms. The van der Waals surface area contributed by atoms with E-state index in [0.717, 1.165) is 23.6 Å². The van der Waals surface area contributed by atoms with Crippen LogP contribution in [0.3, 0.4) is 0 Å². The molecular weight excluding hydrogens is 375 g/mol. The molecule has 2 atom stereocenters. The molecule has 132 valence electrons. The number of carbonyl (C=O) groups excluding carboxylic acids is 1. The van der Waals surface area contributed by atoms with E-state index < -0.39 is 0 Å². The maximum atomic E-state index is 12.7. The Morgan fingerprint density at radius 3 is 2.04 bits per heavy atom. The van der Waals surface area contributed by atoms with Crippen LogP contribution in [-0.4, -0.2) is 35.1 Å². The highest BCUT2D eigenvalue weighted by molar-refractivity contribution is 7.96. The SMILES string of the molecule is CSN1C[C@H](Cc2ccc(Cl)cc2)NC(=O)[C@@H]1Cc1ccc(Cl)cc1. The second-order valence-corrected chi connectivity index (χ2v) is 7.87. The molecule has 0 aromatic heterocycles. The molecule has 6 heteroatoms. The van der Waals surface area contributed by atoms with Crippen molar-refractivity contribution in [2.24, 2.45) is 0 Å². The number of hydrogen-bond acceptors (Lipinski definition) is 3. The van der Waals surface area contributed by atoms with Gasteiger partial charge in [0.1, 0.15) is 6.04 Å². The van der Waals surface area contributed by atoms with Crippen LogP contribution >= 0.6 is 35.1 Å².